The van der Waals surface area contributed by atoms with Crippen LogP contribution < -0.4 is 10.1 Å². The molecule has 0 aromatic heterocycles. The van der Waals surface area contributed by atoms with E-state index in [4.69, 9.17) is 9.47 Å². The summed E-state index contributed by atoms with van der Waals surface area (Å²) in [6, 6.07) is 7.83. The molecule has 0 bridgehead atoms. The maximum Gasteiger partial charge on any atom is 0.225 e. The van der Waals surface area contributed by atoms with Crippen LogP contribution >= 0.6 is 0 Å². The van der Waals surface area contributed by atoms with E-state index < -0.39 is 0 Å². The number of nitrogens with one attached hydrogen (secondary N) is 1. The van der Waals surface area contributed by atoms with Crippen molar-refractivity contribution < 1.29 is 14.3 Å². The van der Waals surface area contributed by atoms with E-state index in [0.29, 0.717) is 13.2 Å². The Morgan fingerprint density at radius 2 is 2.14 bits per heavy atom. The van der Waals surface area contributed by atoms with E-state index in [1.165, 1.54) is 0 Å². The summed E-state index contributed by atoms with van der Waals surface area (Å²) in [5.74, 6) is 0.875. The standard InChI is InChI=1S/C17H25NO3/c1-17(2,3)21-15-9-5-4-7-13(15)11-18-16(19)14-8-6-10-20-12-14/h4-5,7,9,14H,6,8,10-12H2,1-3H3,(H,18,19)/t14-/m0/s1. The number of hydrogen-bond donors (Lipinski definition) is 1. The van der Waals surface area contributed by atoms with E-state index in [0.717, 1.165) is 30.8 Å². The number of carbonyl (C=O) groups is 1. The Labute approximate surface area is 126 Å². The van der Waals surface area contributed by atoms with Gasteiger partial charge in [0.15, 0.2) is 0 Å². The summed E-state index contributed by atoms with van der Waals surface area (Å²) >= 11 is 0. The van der Waals surface area contributed by atoms with Crippen molar-refractivity contribution in [1.29, 1.82) is 0 Å². The Morgan fingerprint density at radius 1 is 1.38 bits per heavy atom. The molecule has 0 unspecified atom stereocenters. The molecule has 0 aliphatic carbocycles. The fourth-order valence-corrected chi connectivity index (χ4v) is 2.35. The number of amides is 1. The zero-order valence-corrected chi connectivity index (χ0v) is 13.1. The number of rotatable bonds is 4. The molecule has 2 rings (SSSR count). The first kappa shape index (κ1) is 15.8. The van der Waals surface area contributed by atoms with E-state index in [2.05, 4.69) is 5.32 Å². The number of benzene rings is 1. The highest BCUT2D eigenvalue weighted by molar-refractivity contribution is 5.78. The van der Waals surface area contributed by atoms with Crippen LogP contribution in [-0.2, 0) is 16.1 Å². The Hall–Kier alpha value is -1.55. The molecule has 4 heteroatoms. The second kappa shape index (κ2) is 6.94. The summed E-state index contributed by atoms with van der Waals surface area (Å²) in [7, 11) is 0. The largest absolute Gasteiger partial charge is 0.488 e. The normalized spacial score (nSPS) is 19.1. The number of para-hydroxylation sites is 1. The van der Waals surface area contributed by atoms with Gasteiger partial charge in [0.25, 0.3) is 0 Å². The molecule has 1 aliphatic rings. The van der Waals surface area contributed by atoms with Crippen molar-refractivity contribution in [3.63, 3.8) is 0 Å². The fourth-order valence-electron chi connectivity index (χ4n) is 2.35. The fraction of sp³-hybridized carbons (Fsp3) is 0.588. The lowest BCUT2D eigenvalue weighted by Gasteiger charge is -2.24. The number of hydrogen-bond acceptors (Lipinski definition) is 3. The summed E-state index contributed by atoms with van der Waals surface area (Å²) in [4.78, 5) is 12.1. The van der Waals surface area contributed by atoms with Crippen LogP contribution in [0.15, 0.2) is 24.3 Å². The van der Waals surface area contributed by atoms with Crippen molar-refractivity contribution in [1.82, 2.24) is 5.32 Å². The Balaban J connectivity index is 1.94. The van der Waals surface area contributed by atoms with Crippen LogP contribution in [0.1, 0.15) is 39.2 Å². The summed E-state index contributed by atoms with van der Waals surface area (Å²) in [5, 5.41) is 3.00. The van der Waals surface area contributed by atoms with Gasteiger partial charge in [-0.15, -0.1) is 0 Å². The first-order valence-corrected chi connectivity index (χ1v) is 7.58. The minimum atomic E-state index is -0.253. The third-order valence-electron chi connectivity index (χ3n) is 3.37. The smallest absolute Gasteiger partial charge is 0.225 e. The van der Waals surface area contributed by atoms with Crippen LogP contribution in [0.5, 0.6) is 5.75 Å². The van der Waals surface area contributed by atoms with Gasteiger partial charge in [0.2, 0.25) is 5.91 Å². The molecule has 1 fully saturated rings. The summed E-state index contributed by atoms with van der Waals surface area (Å²) in [6.45, 7) is 7.84. The van der Waals surface area contributed by atoms with Crippen LogP contribution in [0.25, 0.3) is 0 Å². The van der Waals surface area contributed by atoms with Crippen LogP contribution in [0.3, 0.4) is 0 Å². The van der Waals surface area contributed by atoms with Gasteiger partial charge in [-0.1, -0.05) is 18.2 Å². The molecule has 1 amide bonds. The van der Waals surface area contributed by atoms with Crippen molar-refractivity contribution in [3.8, 4) is 5.75 Å². The average Bonchev–Trinajstić information content (AvgIpc) is 2.45. The van der Waals surface area contributed by atoms with Crippen molar-refractivity contribution in [2.75, 3.05) is 13.2 Å². The van der Waals surface area contributed by atoms with Crippen LogP contribution in [0.2, 0.25) is 0 Å². The second-order valence-electron chi connectivity index (χ2n) is 6.45. The van der Waals surface area contributed by atoms with E-state index in [-0.39, 0.29) is 17.4 Å². The van der Waals surface area contributed by atoms with Gasteiger partial charge in [0, 0.05) is 18.7 Å². The molecule has 21 heavy (non-hydrogen) atoms. The van der Waals surface area contributed by atoms with Crippen LogP contribution in [-0.4, -0.2) is 24.7 Å². The molecule has 1 aromatic rings. The molecule has 1 saturated heterocycles. The van der Waals surface area contributed by atoms with Gasteiger partial charge in [0.1, 0.15) is 11.4 Å². The van der Waals surface area contributed by atoms with Gasteiger partial charge in [-0.05, 0) is 39.7 Å². The molecule has 0 saturated carbocycles. The second-order valence-corrected chi connectivity index (χ2v) is 6.45. The lowest BCUT2D eigenvalue weighted by molar-refractivity contribution is -0.129. The topological polar surface area (TPSA) is 47.6 Å². The van der Waals surface area contributed by atoms with Crippen molar-refractivity contribution in [3.05, 3.63) is 29.8 Å². The van der Waals surface area contributed by atoms with Gasteiger partial charge >= 0.3 is 0 Å². The third-order valence-corrected chi connectivity index (χ3v) is 3.37. The third kappa shape index (κ3) is 5.05. The predicted molar refractivity (Wildman–Crippen MR) is 82.2 cm³/mol. The molecule has 0 radical (unpaired) electrons. The lowest BCUT2D eigenvalue weighted by atomic mass is 10.0. The molecule has 4 nitrogen and oxygen atoms in total. The van der Waals surface area contributed by atoms with Crippen LogP contribution in [0, 0.1) is 5.92 Å². The lowest BCUT2D eigenvalue weighted by Crippen LogP contribution is -2.35. The predicted octanol–water partition coefficient (Wildman–Crippen LogP) is 2.91. The molecule has 1 aromatic carbocycles. The zero-order chi connectivity index (χ0) is 15.3. The Bertz CT molecular complexity index is 473. The molecular weight excluding hydrogens is 266 g/mol. The molecule has 1 N–H and O–H groups in total. The minimum Gasteiger partial charge on any atom is -0.488 e. The average molecular weight is 291 g/mol. The quantitative estimate of drug-likeness (QED) is 0.928. The van der Waals surface area contributed by atoms with E-state index in [1.54, 1.807) is 0 Å². The maximum atomic E-state index is 12.1. The number of carbonyl (C=O) groups excluding carboxylic acids is 1. The van der Waals surface area contributed by atoms with Crippen molar-refractivity contribution in [2.24, 2.45) is 5.92 Å². The zero-order valence-electron chi connectivity index (χ0n) is 13.1. The Morgan fingerprint density at radius 3 is 2.81 bits per heavy atom. The molecular formula is C17H25NO3. The molecule has 1 aliphatic heterocycles. The van der Waals surface area contributed by atoms with E-state index in [9.17, 15) is 4.79 Å². The van der Waals surface area contributed by atoms with Crippen molar-refractivity contribution >= 4 is 5.91 Å². The molecule has 1 atom stereocenters. The highest BCUT2D eigenvalue weighted by atomic mass is 16.5. The highest BCUT2D eigenvalue weighted by Gasteiger charge is 2.22. The van der Waals surface area contributed by atoms with Crippen molar-refractivity contribution in [2.45, 2.75) is 45.8 Å². The summed E-state index contributed by atoms with van der Waals surface area (Å²) in [5.41, 5.74) is 0.745. The van der Waals surface area contributed by atoms with E-state index >= 15 is 0 Å². The van der Waals surface area contributed by atoms with Gasteiger partial charge < -0.3 is 14.8 Å². The van der Waals surface area contributed by atoms with Gasteiger partial charge in [0.05, 0.1) is 12.5 Å². The van der Waals surface area contributed by atoms with Crippen LogP contribution in [0.4, 0.5) is 0 Å². The Kier molecular flexibility index (Phi) is 5.23. The number of ether oxygens (including phenoxy) is 2. The first-order chi connectivity index (χ1) is 9.96. The summed E-state index contributed by atoms with van der Waals surface area (Å²) in [6.07, 6.45) is 1.87. The van der Waals surface area contributed by atoms with E-state index in [1.807, 2.05) is 45.0 Å². The SMILES string of the molecule is CC(C)(C)Oc1ccccc1CNC(=O)[C@H]1CCCOC1. The maximum absolute atomic E-state index is 12.1. The molecule has 0 spiro atoms. The minimum absolute atomic E-state index is 0.0190. The molecule has 1 heterocycles. The highest BCUT2D eigenvalue weighted by Crippen LogP contribution is 2.23. The monoisotopic (exact) mass is 291 g/mol. The van der Waals surface area contributed by atoms with Gasteiger partial charge in [-0.25, -0.2) is 0 Å². The van der Waals surface area contributed by atoms with Gasteiger partial charge in [-0.2, -0.15) is 0 Å². The van der Waals surface area contributed by atoms with Gasteiger partial charge in [-0.3, -0.25) is 4.79 Å². The molecule has 116 valence electrons. The summed E-state index contributed by atoms with van der Waals surface area (Å²) < 4.78 is 11.3. The first-order valence-electron chi connectivity index (χ1n) is 7.58.